The van der Waals surface area contributed by atoms with Crippen LogP contribution in [0.25, 0.3) is 0 Å². The minimum absolute atomic E-state index is 0.167. The van der Waals surface area contributed by atoms with Gasteiger partial charge in [0.05, 0.1) is 16.1 Å². The molecule has 0 radical (unpaired) electrons. The molecule has 1 aliphatic heterocycles. The van der Waals surface area contributed by atoms with Gasteiger partial charge in [-0.2, -0.15) is 13.2 Å². The number of rotatable bonds is 3. The monoisotopic (exact) mass is 386 g/mol. The Morgan fingerprint density at radius 1 is 1.15 bits per heavy atom. The van der Waals surface area contributed by atoms with Crippen LogP contribution in [0.5, 0.6) is 5.75 Å². The van der Waals surface area contributed by atoms with Crippen LogP contribution in [0, 0.1) is 0 Å². The summed E-state index contributed by atoms with van der Waals surface area (Å²) in [5, 5.41) is 2.51. The highest BCUT2D eigenvalue weighted by atomic mass is 32.2. The maximum absolute atomic E-state index is 12.7. The number of hydrogen-bond donors (Lipinski definition) is 2. The number of benzene rings is 2. The van der Waals surface area contributed by atoms with Crippen LogP contribution in [0.15, 0.2) is 47.4 Å². The molecule has 0 fully saturated rings. The Kier molecular flexibility index (Phi) is 4.31. The van der Waals surface area contributed by atoms with Gasteiger partial charge >= 0.3 is 6.18 Å². The predicted molar refractivity (Wildman–Crippen MR) is 87.4 cm³/mol. The maximum Gasteiger partial charge on any atom is 0.416 e. The summed E-state index contributed by atoms with van der Waals surface area (Å²) in [5.74, 6) is -0.131. The number of anilines is 2. The van der Waals surface area contributed by atoms with E-state index in [1.807, 2.05) is 0 Å². The van der Waals surface area contributed by atoms with E-state index >= 15 is 0 Å². The van der Waals surface area contributed by atoms with Crippen LogP contribution in [0.2, 0.25) is 0 Å². The largest absolute Gasteiger partial charge is 0.479 e. The molecule has 26 heavy (non-hydrogen) atoms. The average Bonchev–Trinajstić information content (AvgIpc) is 2.54. The van der Waals surface area contributed by atoms with Gasteiger partial charge in [-0.3, -0.25) is 9.52 Å². The zero-order chi connectivity index (χ0) is 19.1. The summed E-state index contributed by atoms with van der Waals surface area (Å²) in [4.78, 5) is 11.4. The molecule has 0 aliphatic carbocycles. The van der Waals surface area contributed by atoms with Crippen LogP contribution in [0.3, 0.4) is 0 Å². The first kappa shape index (κ1) is 18.1. The number of nitrogens with one attached hydrogen (secondary N) is 2. The first-order valence-electron chi connectivity index (χ1n) is 7.38. The topological polar surface area (TPSA) is 84.5 Å². The number of alkyl halides is 3. The first-order chi connectivity index (χ1) is 12.1. The Morgan fingerprint density at radius 2 is 1.88 bits per heavy atom. The quantitative estimate of drug-likeness (QED) is 0.848. The highest BCUT2D eigenvalue weighted by Crippen LogP contribution is 2.33. The van der Waals surface area contributed by atoms with Crippen molar-refractivity contribution < 1.29 is 31.1 Å². The number of halogens is 3. The van der Waals surface area contributed by atoms with Crippen LogP contribution in [-0.2, 0) is 21.0 Å². The lowest BCUT2D eigenvalue weighted by molar-refractivity contribution is -0.137. The molecule has 0 spiro atoms. The van der Waals surface area contributed by atoms with Gasteiger partial charge in [-0.05, 0) is 43.3 Å². The summed E-state index contributed by atoms with van der Waals surface area (Å²) in [6, 6.07) is 7.62. The van der Waals surface area contributed by atoms with Gasteiger partial charge in [0.15, 0.2) is 6.10 Å². The van der Waals surface area contributed by atoms with Crippen molar-refractivity contribution in [1.82, 2.24) is 0 Å². The van der Waals surface area contributed by atoms with Gasteiger partial charge in [-0.15, -0.1) is 0 Å². The first-order valence-corrected chi connectivity index (χ1v) is 8.86. The van der Waals surface area contributed by atoms with Gasteiger partial charge in [-0.25, -0.2) is 8.42 Å². The number of carbonyl (C=O) groups excluding carboxylic acids is 1. The third-order valence-corrected chi connectivity index (χ3v) is 5.01. The summed E-state index contributed by atoms with van der Waals surface area (Å²) in [6.45, 7) is 1.54. The molecule has 0 bridgehead atoms. The molecule has 10 heteroatoms. The van der Waals surface area contributed by atoms with E-state index in [2.05, 4.69) is 10.0 Å². The highest BCUT2D eigenvalue weighted by Gasteiger charge is 2.31. The minimum Gasteiger partial charge on any atom is -0.479 e. The fourth-order valence-electron chi connectivity index (χ4n) is 2.33. The molecule has 1 atom stereocenters. The second-order valence-corrected chi connectivity index (χ2v) is 7.27. The lowest BCUT2D eigenvalue weighted by atomic mass is 10.2. The van der Waals surface area contributed by atoms with Gasteiger partial charge < -0.3 is 10.1 Å². The third kappa shape index (κ3) is 3.59. The average molecular weight is 386 g/mol. The Bertz CT molecular complexity index is 974. The van der Waals surface area contributed by atoms with Crippen LogP contribution >= 0.6 is 0 Å². The molecule has 2 aromatic rings. The summed E-state index contributed by atoms with van der Waals surface area (Å²) in [7, 11) is -4.16. The second-order valence-electron chi connectivity index (χ2n) is 5.59. The van der Waals surface area contributed by atoms with Crippen molar-refractivity contribution in [2.45, 2.75) is 24.1 Å². The molecule has 0 saturated heterocycles. The molecule has 1 unspecified atom stereocenters. The van der Waals surface area contributed by atoms with Gasteiger partial charge in [0, 0.05) is 5.69 Å². The van der Waals surface area contributed by atoms with Crippen molar-refractivity contribution in [3.63, 3.8) is 0 Å². The zero-order valence-corrected chi connectivity index (χ0v) is 14.1. The molecule has 138 valence electrons. The molecule has 2 aromatic carbocycles. The molecular weight excluding hydrogens is 373 g/mol. The van der Waals surface area contributed by atoms with E-state index in [1.165, 1.54) is 31.2 Å². The molecule has 0 aromatic heterocycles. The zero-order valence-electron chi connectivity index (χ0n) is 13.3. The number of fused-ring (bicyclic) bond motifs is 1. The van der Waals surface area contributed by atoms with E-state index in [0.717, 1.165) is 12.1 Å². The second kappa shape index (κ2) is 6.20. The third-order valence-electron chi connectivity index (χ3n) is 3.63. The lowest BCUT2D eigenvalue weighted by Crippen LogP contribution is -2.34. The van der Waals surface area contributed by atoms with Gasteiger partial charge in [0.1, 0.15) is 5.75 Å². The van der Waals surface area contributed by atoms with Crippen LogP contribution in [0.1, 0.15) is 12.5 Å². The van der Waals surface area contributed by atoms with E-state index in [9.17, 15) is 26.4 Å². The fraction of sp³-hybridized carbons (Fsp3) is 0.188. The van der Waals surface area contributed by atoms with Crippen molar-refractivity contribution >= 4 is 27.3 Å². The molecule has 1 heterocycles. The molecule has 6 nitrogen and oxygen atoms in total. The van der Waals surface area contributed by atoms with E-state index in [0.29, 0.717) is 11.8 Å². The van der Waals surface area contributed by atoms with Crippen molar-refractivity contribution in [2.75, 3.05) is 10.0 Å². The van der Waals surface area contributed by atoms with Crippen molar-refractivity contribution in [2.24, 2.45) is 0 Å². The van der Waals surface area contributed by atoms with E-state index in [4.69, 9.17) is 4.74 Å². The maximum atomic E-state index is 12.7. The van der Waals surface area contributed by atoms with Crippen LogP contribution in [-0.4, -0.2) is 20.4 Å². The number of sulfonamides is 1. The fourth-order valence-corrected chi connectivity index (χ4v) is 3.40. The van der Waals surface area contributed by atoms with Gasteiger partial charge in [0.2, 0.25) is 0 Å². The molecular formula is C16H13F3N2O4S. The number of hydrogen-bond acceptors (Lipinski definition) is 4. The van der Waals surface area contributed by atoms with Crippen molar-refractivity contribution in [1.29, 1.82) is 0 Å². The highest BCUT2D eigenvalue weighted by molar-refractivity contribution is 7.92. The number of ether oxygens (including phenoxy) is 1. The summed E-state index contributed by atoms with van der Waals surface area (Å²) in [5.41, 5.74) is -1.04. The molecule has 2 N–H and O–H groups in total. The SMILES string of the molecule is CC1Oc2ccc(S(=O)(=O)Nc3cccc(C(F)(F)F)c3)cc2NC1=O. The van der Waals surface area contributed by atoms with Crippen molar-refractivity contribution in [3.05, 3.63) is 48.0 Å². The molecule has 1 amide bonds. The normalized spacial score (nSPS) is 17.1. The van der Waals surface area contributed by atoms with Crippen LogP contribution in [0.4, 0.5) is 24.5 Å². The number of amides is 1. The smallest absolute Gasteiger partial charge is 0.416 e. The lowest BCUT2D eigenvalue weighted by Gasteiger charge is -2.23. The Labute approximate surface area is 147 Å². The number of carbonyl (C=O) groups is 1. The summed E-state index contributed by atoms with van der Waals surface area (Å²) < 4.78 is 70.6. The van der Waals surface area contributed by atoms with Crippen molar-refractivity contribution in [3.8, 4) is 5.75 Å². The molecule has 0 saturated carbocycles. The Balaban J connectivity index is 1.90. The van der Waals surface area contributed by atoms with E-state index in [1.54, 1.807) is 0 Å². The van der Waals surface area contributed by atoms with Crippen LogP contribution < -0.4 is 14.8 Å². The summed E-state index contributed by atoms with van der Waals surface area (Å²) >= 11 is 0. The Morgan fingerprint density at radius 3 is 2.58 bits per heavy atom. The minimum atomic E-state index is -4.59. The Hall–Kier alpha value is -2.75. The van der Waals surface area contributed by atoms with Gasteiger partial charge in [-0.1, -0.05) is 6.07 Å². The molecule has 3 rings (SSSR count). The molecule has 1 aliphatic rings. The van der Waals surface area contributed by atoms with E-state index < -0.39 is 33.8 Å². The predicted octanol–water partition coefficient (Wildman–Crippen LogP) is 3.23. The van der Waals surface area contributed by atoms with Gasteiger partial charge in [0.25, 0.3) is 15.9 Å². The summed E-state index contributed by atoms with van der Waals surface area (Å²) in [6.07, 6.45) is -5.31. The standard InChI is InChI=1S/C16H13F3N2O4S/c1-9-15(22)20-13-8-12(5-6-14(13)25-9)26(23,24)21-11-4-2-3-10(7-11)16(17,18)19/h2-9,21H,1H3,(H,20,22). The van der Waals surface area contributed by atoms with E-state index in [-0.39, 0.29) is 16.3 Å².